The number of hydrogen-bond acceptors (Lipinski definition) is 5. The van der Waals surface area contributed by atoms with Crippen LogP contribution in [0.1, 0.15) is 41.5 Å². The van der Waals surface area contributed by atoms with E-state index >= 15 is 0 Å². The van der Waals surface area contributed by atoms with Crippen LogP contribution < -0.4 is 9.47 Å². The highest BCUT2D eigenvalue weighted by Gasteiger charge is 2.20. The minimum atomic E-state index is -0.460. The standard InChI is InChI=1S/C38H30O5/c39-36(24-18-28-8-3-1-4-9-28)42-34-20-14-30(15-21-34)26-32-12-7-13-33(38(32)41)27-31-16-22-35(23-17-31)43-37(40)25-19-29-10-5-2-6-11-29/h1-6,8-11,14-27H,7,12-13H2/b24-18+,25-19+,32-26-,33-27+. The molecule has 5 heteroatoms. The Morgan fingerprint density at radius 2 is 0.907 bits per heavy atom. The van der Waals surface area contributed by atoms with Gasteiger partial charge in [0.25, 0.3) is 0 Å². The highest BCUT2D eigenvalue weighted by atomic mass is 16.5. The Morgan fingerprint density at radius 3 is 1.30 bits per heavy atom. The van der Waals surface area contributed by atoms with E-state index in [0.717, 1.165) is 39.8 Å². The Bertz CT molecular complexity index is 1570. The highest BCUT2D eigenvalue weighted by molar-refractivity contribution is 6.14. The molecule has 1 aliphatic carbocycles. The molecule has 0 spiro atoms. The summed E-state index contributed by atoms with van der Waals surface area (Å²) in [5, 5.41) is 0. The van der Waals surface area contributed by atoms with Gasteiger partial charge in [-0.3, -0.25) is 4.79 Å². The van der Waals surface area contributed by atoms with Crippen LogP contribution in [0.15, 0.2) is 132 Å². The molecular formula is C38H30O5. The van der Waals surface area contributed by atoms with Crippen LogP contribution in [0.3, 0.4) is 0 Å². The average molecular weight is 567 g/mol. The predicted octanol–water partition coefficient (Wildman–Crippen LogP) is 8.14. The molecule has 43 heavy (non-hydrogen) atoms. The summed E-state index contributed by atoms with van der Waals surface area (Å²) in [4.78, 5) is 37.6. The lowest BCUT2D eigenvalue weighted by atomic mass is 9.87. The summed E-state index contributed by atoms with van der Waals surface area (Å²) in [7, 11) is 0. The smallest absolute Gasteiger partial charge is 0.336 e. The van der Waals surface area contributed by atoms with E-state index in [4.69, 9.17) is 9.47 Å². The molecule has 0 heterocycles. The van der Waals surface area contributed by atoms with Crippen molar-refractivity contribution in [2.24, 2.45) is 0 Å². The molecule has 0 N–H and O–H groups in total. The number of ketones is 1. The van der Waals surface area contributed by atoms with Crippen LogP contribution in [-0.4, -0.2) is 17.7 Å². The summed E-state index contributed by atoms with van der Waals surface area (Å²) in [6, 6.07) is 33.2. The number of benzene rings is 4. The third-order valence-corrected chi connectivity index (χ3v) is 6.78. The van der Waals surface area contributed by atoms with E-state index in [1.54, 1.807) is 36.4 Å². The molecule has 0 radical (unpaired) electrons. The van der Waals surface area contributed by atoms with Gasteiger partial charge in [-0.15, -0.1) is 0 Å². The van der Waals surface area contributed by atoms with E-state index in [1.165, 1.54) is 12.2 Å². The van der Waals surface area contributed by atoms with Crippen molar-refractivity contribution in [2.45, 2.75) is 19.3 Å². The lowest BCUT2D eigenvalue weighted by Crippen LogP contribution is -2.12. The van der Waals surface area contributed by atoms with Crippen LogP contribution in [0, 0.1) is 0 Å². The molecule has 0 atom stereocenters. The van der Waals surface area contributed by atoms with Gasteiger partial charge in [0.2, 0.25) is 0 Å². The number of carbonyl (C=O) groups excluding carboxylic acids is 3. The maximum absolute atomic E-state index is 13.2. The molecule has 5 nitrogen and oxygen atoms in total. The van der Waals surface area contributed by atoms with E-state index in [9.17, 15) is 14.4 Å². The summed E-state index contributed by atoms with van der Waals surface area (Å²) < 4.78 is 10.8. The Morgan fingerprint density at radius 1 is 0.512 bits per heavy atom. The third kappa shape index (κ3) is 8.72. The van der Waals surface area contributed by atoms with E-state index in [-0.39, 0.29) is 5.78 Å². The molecule has 0 unspecified atom stereocenters. The summed E-state index contributed by atoms with van der Waals surface area (Å²) in [5.41, 5.74) is 5.02. The molecule has 0 aromatic heterocycles. The first-order valence-corrected chi connectivity index (χ1v) is 14.1. The van der Waals surface area contributed by atoms with Crippen molar-refractivity contribution in [3.63, 3.8) is 0 Å². The minimum Gasteiger partial charge on any atom is -0.423 e. The van der Waals surface area contributed by atoms with E-state index in [1.807, 2.05) is 97.1 Å². The Balaban J connectivity index is 1.17. The average Bonchev–Trinajstić information content (AvgIpc) is 3.04. The summed E-state index contributed by atoms with van der Waals surface area (Å²) in [6.07, 6.45) is 12.2. The lowest BCUT2D eigenvalue weighted by molar-refractivity contribution is -0.129. The molecule has 0 aliphatic heterocycles. The van der Waals surface area contributed by atoms with Crippen molar-refractivity contribution in [1.82, 2.24) is 0 Å². The van der Waals surface area contributed by atoms with E-state index < -0.39 is 11.9 Å². The van der Waals surface area contributed by atoms with Gasteiger partial charge in [-0.05, 0) is 90.1 Å². The van der Waals surface area contributed by atoms with Crippen LogP contribution >= 0.6 is 0 Å². The van der Waals surface area contributed by atoms with Crippen molar-refractivity contribution in [3.05, 3.63) is 155 Å². The van der Waals surface area contributed by atoms with Crippen molar-refractivity contribution in [2.75, 3.05) is 0 Å². The number of Topliss-reactive ketones (excluding diaryl/α,β-unsaturated/α-hetero) is 1. The van der Waals surface area contributed by atoms with Gasteiger partial charge < -0.3 is 9.47 Å². The van der Waals surface area contributed by atoms with Gasteiger partial charge in [-0.25, -0.2) is 9.59 Å². The number of hydrogen-bond donors (Lipinski definition) is 0. The highest BCUT2D eigenvalue weighted by Crippen LogP contribution is 2.29. The van der Waals surface area contributed by atoms with Gasteiger partial charge >= 0.3 is 11.9 Å². The topological polar surface area (TPSA) is 69.7 Å². The molecule has 1 aliphatic rings. The first-order chi connectivity index (χ1) is 21.0. The quantitative estimate of drug-likeness (QED) is 0.122. The van der Waals surface area contributed by atoms with Crippen LogP contribution in [0.25, 0.3) is 24.3 Å². The lowest BCUT2D eigenvalue weighted by Gasteiger charge is -2.16. The fourth-order valence-corrected chi connectivity index (χ4v) is 4.60. The number of carbonyl (C=O) groups is 3. The number of ether oxygens (including phenoxy) is 2. The first kappa shape index (κ1) is 29.0. The van der Waals surface area contributed by atoms with Gasteiger partial charge in [-0.2, -0.15) is 0 Å². The van der Waals surface area contributed by atoms with Crippen LogP contribution in [0.5, 0.6) is 11.5 Å². The second kappa shape index (κ2) is 14.4. The summed E-state index contributed by atoms with van der Waals surface area (Å²) in [6.45, 7) is 0. The second-order valence-corrected chi connectivity index (χ2v) is 9.99. The zero-order valence-corrected chi connectivity index (χ0v) is 23.5. The maximum atomic E-state index is 13.2. The van der Waals surface area contributed by atoms with Crippen molar-refractivity contribution >= 4 is 42.0 Å². The summed E-state index contributed by atoms with van der Waals surface area (Å²) in [5.74, 6) is -0.0329. The Kier molecular flexibility index (Phi) is 9.68. The first-order valence-electron chi connectivity index (χ1n) is 14.1. The van der Waals surface area contributed by atoms with Gasteiger partial charge in [0, 0.05) is 23.3 Å². The van der Waals surface area contributed by atoms with Crippen molar-refractivity contribution < 1.29 is 23.9 Å². The van der Waals surface area contributed by atoms with Crippen LogP contribution in [0.4, 0.5) is 0 Å². The van der Waals surface area contributed by atoms with Gasteiger partial charge in [0.05, 0.1) is 0 Å². The molecule has 1 fully saturated rings. The normalized spacial score (nSPS) is 15.3. The monoisotopic (exact) mass is 566 g/mol. The largest absolute Gasteiger partial charge is 0.423 e. The second-order valence-electron chi connectivity index (χ2n) is 9.99. The zero-order chi connectivity index (χ0) is 29.9. The molecule has 5 rings (SSSR count). The molecule has 212 valence electrons. The zero-order valence-electron chi connectivity index (χ0n) is 23.5. The molecule has 0 amide bonds. The van der Waals surface area contributed by atoms with Gasteiger partial charge in [0.1, 0.15) is 11.5 Å². The van der Waals surface area contributed by atoms with Crippen molar-refractivity contribution in [1.29, 1.82) is 0 Å². The molecular weight excluding hydrogens is 536 g/mol. The molecule has 0 bridgehead atoms. The molecule has 0 saturated heterocycles. The molecule has 1 saturated carbocycles. The Hall–Kier alpha value is -5.55. The van der Waals surface area contributed by atoms with Crippen LogP contribution in [0.2, 0.25) is 0 Å². The predicted molar refractivity (Wildman–Crippen MR) is 170 cm³/mol. The molecule has 4 aromatic rings. The van der Waals surface area contributed by atoms with Crippen molar-refractivity contribution in [3.8, 4) is 11.5 Å². The van der Waals surface area contributed by atoms with Gasteiger partial charge in [-0.1, -0.05) is 84.9 Å². The van der Waals surface area contributed by atoms with Gasteiger partial charge in [0.15, 0.2) is 5.78 Å². The fourth-order valence-electron chi connectivity index (χ4n) is 4.60. The van der Waals surface area contributed by atoms with E-state index in [0.29, 0.717) is 24.3 Å². The number of rotatable bonds is 8. The third-order valence-electron chi connectivity index (χ3n) is 6.78. The fraction of sp³-hybridized carbons (Fsp3) is 0.0789. The minimum absolute atomic E-state index is 0.0226. The summed E-state index contributed by atoms with van der Waals surface area (Å²) >= 11 is 0. The number of esters is 2. The SMILES string of the molecule is O=C(/C=C/c1ccccc1)Oc1ccc(/C=C2/CCC/C(=C\c3ccc(OC(=O)/C=C/c4ccccc4)cc3)C2=O)cc1. The Labute approximate surface area is 251 Å². The number of allylic oxidation sites excluding steroid dienone is 2. The molecule has 4 aromatic carbocycles. The van der Waals surface area contributed by atoms with Crippen LogP contribution in [-0.2, 0) is 14.4 Å². The van der Waals surface area contributed by atoms with E-state index in [2.05, 4.69) is 0 Å². The maximum Gasteiger partial charge on any atom is 0.336 e.